The van der Waals surface area contributed by atoms with Crippen LogP contribution in [0.5, 0.6) is 0 Å². The number of imidazole rings is 1. The van der Waals surface area contributed by atoms with Crippen LogP contribution in [0.2, 0.25) is 0 Å². The summed E-state index contributed by atoms with van der Waals surface area (Å²) in [6.45, 7) is 3.08. The van der Waals surface area contributed by atoms with Crippen LogP contribution < -0.4 is 5.73 Å². The van der Waals surface area contributed by atoms with Crippen molar-refractivity contribution in [1.29, 1.82) is 0 Å². The fourth-order valence-corrected chi connectivity index (χ4v) is 4.08. The highest BCUT2D eigenvalue weighted by molar-refractivity contribution is 6.17. The first-order valence-corrected chi connectivity index (χ1v) is 11.0. The lowest BCUT2D eigenvalue weighted by Crippen LogP contribution is -2.08. The SMILES string of the molecule is CCOCn1c(CCCCCl)nc2c(N)nc3c(Cc4ccccc4)cccc3c21. The number of aryl methyl sites for hydroxylation is 1. The van der Waals surface area contributed by atoms with Crippen molar-refractivity contribution < 1.29 is 4.74 Å². The maximum atomic E-state index is 6.40. The number of hydrogen-bond acceptors (Lipinski definition) is 4. The first-order valence-electron chi connectivity index (χ1n) is 10.5. The van der Waals surface area contributed by atoms with E-state index in [0.29, 0.717) is 25.0 Å². The summed E-state index contributed by atoms with van der Waals surface area (Å²) in [6, 6.07) is 16.7. The monoisotopic (exact) mass is 422 g/mol. The van der Waals surface area contributed by atoms with Crippen molar-refractivity contribution >= 4 is 39.4 Å². The zero-order chi connectivity index (χ0) is 20.9. The first kappa shape index (κ1) is 20.6. The lowest BCUT2D eigenvalue weighted by atomic mass is 10.0. The molecule has 4 rings (SSSR count). The van der Waals surface area contributed by atoms with Gasteiger partial charge < -0.3 is 15.0 Å². The number of anilines is 1. The molecule has 0 saturated carbocycles. The van der Waals surface area contributed by atoms with E-state index in [4.69, 9.17) is 32.0 Å². The molecular weight excluding hydrogens is 396 g/mol. The summed E-state index contributed by atoms with van der Waals surface area (Å²) in [5.74, 6) is 2.09. The average molecular weight is 423 g/mol. The number of alkyl halides is 1. The quantitative estimate of drug-likeness (QED) is 0.293. The minimum absolute atomic E-state index is 0.449. The maximum Gasteiger partial charge on any atom is 0.152 e. The predicted molar refractivity (Wildman–Crippen MR) is 124 cm³/mol. The summed E-state index contributed by atoms with van der Waals surface area (Å²) in [5, 5.41) is 1.06. The van der Waals surface area contributed by atoms with Gasteiger partial charge in [0, 0.05) is 24.3 Å². The molecule has 0 atom stereocenters. The number of para-hydroxylation sites is 1. The molecule has 0 aliphatic heterocycles. The zero-order valence-electron chi connectivity index (χ0n) is 17.3. The Hall–Kier alpha value is -2.63. The molecule has 0 spiro atoms. The van der Waals surface area contributed by atoms with E-state index in [1.807, 2.05) is 13.0 Å². The number of nitrogens with zero attached hydrogens (tertiary/aromatic N) is 3. The van der Waals surface area contributed by atoms with Crippen LogP contribution in [0.3, 0.4) is 0 Å². The van der Waals surface area contributed by atoms with E-state index >= 15 is 0 Å². The summed E-state index contributed by atoms with van der Waals surface area (Å²) in [7, 11) is 0. The van der Waals surface area contributed by atoms with E-state index < -0.39 is 0 Å². The highest BCUT2D eigenvalue weighted by Gasteiger charge is 2.18. The third-order valence-corrected chi connectivity index (χ3v) is 5.61. The number of fused-ring (bicyclic) bond motifs is 3. The van der Waals surface area contributed by atoms with Gasteiger partial charge in [0.2, 0.25) is 0 Å². The Balaban J connectivity index is 1.87. The van der Waals surface area contributed by atoms with Gasteiger partial charge in [0.25, 0.3) is 0 Å². The van der Waals surface area contributed by atoms with Gasteiger partial charge in [-0.3, -0.25) is 0 Å². The van der Waals surface area contributed by atoms with Crippen LogP contribution in [-0.4, -0.2) is 27.0 Å². The van der Waals surface area contributed by atoms with Crippen LogP contribution in [0, 0.1) is 0 Å². The Morgan fingerprint density at radius 2 is 1.83 bits per heavy atom. The number of aromatic nitrogens is 3. The normalized spacial score (nSPS) is 11.5. The van der Waals surface area contributed by atoms with Crippen molar-refractivity contribution in [3.63, 3.8) is 0 Å². The van der Waals surface area contributed by atoms with Crippen LogP contribution in [0.25, 0.3) is 21.9 Å². The molecule has 0 saturated heterocycles. The highest BCUT2D eigenvalue weighted by atomic mass is 35.5. The molecule has 0 bridgehead atoms. The molecule has 0 aliphatic carbocycles. The van der Waals surface area contributed by atoms with Gasteiger partial charge in [-0.25, -0.2) is 9.97 Å². The Morgan fingerprint density at radius 1 is 1.00 bits per heavy atom. The molecule has 4 aromatic rings. The van der Waals surface area contributed by atoms with Gasteiger partial charge in [-0.2, -0.15) is 0 Å². The number of pyridine rings is 1. The van der Waals surface area contributed by atoms with Crippen molar-refractivity contribution in [3.05, 3.63) is 65.5 Å². The summed E-state index contributed by atoms with van der Waals surface area (Å²) in [4.78, 5) is 9.62. The van der Waals surface area contributed by atoms with Crippen LogP contribution in [0.4, 0.5) is 5.82 Å². The molecule has 2 heterocycles. The Kier molecular flexibility index (Phi) is 6.50. The minimum atomic E-state index is 0.449. The van der Waals surface area contributed by atoms with E-state index in [9.17, 15) is 0 Å². The number of benzene rings is 2. The van der Waals surface area contributed by atoms with Crippen LogP contribution in [0.15, 0.2) is 48.5 Å². The van der Waals surface area contributed by atoms with Crippen molar-refractivity contribution in [2.45, 2.75) is 39.3 Å². The van der Waals surface area contributed by atoms with Crippen molar-refractivity contribution in [2.24, 2.45) is 0 Å². The first-order chi connectivity index (χ1) is 14.7. The Bertz CT molecular complexity index is 1140. The summed E-state index contributed by atoms with van der Waals surface area (Å²) < 4.78 is 7.94. The smallest absolute Gasteiger partial charge is 0.152 e. The van der Waals surface area contributed by atoms with Crippen molar-refractivity contribution in [3.8, 4) is 0 Å². The number of hydrogen-bond donors (Lipinski definition) is 1. The number of ether oxygens (including phenoxy) is 1. The van der Waals surface area contributed by atoms with Crippen molar-refractivity contribution in [1.82, 2.24) is 14.5 Å². The number of nitrogen functional groups attached to an aromatic ring is 1. The number of halogens is 1. The fraction of sp³-hybridized carbons (Fsp3) is 0.333. The van der Waals surface area contributed by atoms with E-state index in [2.05, 4.69) is 47.0 Å². The van der Waals surface area contributed by atoms with E-state index in [1.54, 1.807) is 0 Å². The summed E-state index contributed by atoms with van der Waals surface area (Å²) in [5.41, 5.74) is 11.5. The number of nitrogens with two attached hydrogens (primary N) is 1. The van der Waals surface area contributed by atoms with Crippen LogP contribution in [-0.2, 0) is 24.3 Å². The van der Waals surface area contributed by atoms with E-state index in [-0.39, 0.29) is 0 Å². The molecule has 2 aromatic heterocycles. The molecule has 30 heavy (non-hydrogen) atoms. The Labute approximate surface area is 181 Å². The van der Waals surface area contributed by atoms with Crippen LogP contribution >= 0.6 is 11.6 Å². The molecule has 156 valence electrons. The third kappa shape index (κ3) is 4.13. The summed E-state index contributed by atoms with van der Waals surface area (Å²) >= 11 is 5.88. The van der Waals surface area contributed by atoms with Crippen molar-refractivity contribution in [2.75, 3.05) is 18.2 Å². The molecule has 2 aromatic carbocycles. The van der Waals surface area contributed by atoms with Gasteiger partial charge in [-0.1, -0.05) is 48.5 Å². The molecule has 0 amide bonds. The Morgan fingerprint density at radius 3 is 2.60 bits per heavy atom. The second kappa shape index (κ2) is 9.45. The van der Waals surface area contributed by atoms with Gasteiger partial charge in [-0.15, -0.1) is 11.6 Å². The topological polar surface area (TPSA) is 66.0 Å². The molecule has 0 radical (unpaired) electrons. The van der Waals surface area contributed by atoms with E-state index in [0.717, 1.165) is 59.0 Å². The molecule has 0 aliphatic rings. The predicted octanol–water partition coefficient (Wildman–Crippen LogP) is 5.31. The molecule has 0 fully saturated rings. The molecule has 5 nitrogen and oxygen atoms in total. The molecule has 2 N–H and O–H groups in total. The van der Waals surface area contributed by atoms with Gasteiger partial charge in [0.1, 0.15) is 18.1 Å². The lowest BCUT2D eigenvalue weighted by Gasteiger charge is -2.12. The van der Waals surface area contributed by atoms with E-state index in [1.165, 1.54) is 5.56 Å². The zero-order valence-corrected chi connectivity index (χ0v) is 18.0. The maximum absolute atomic E-state index is 6.40. The minimum Gasteiger partial charge on any atom is -0.382 e. The average Bonchev–Trinajstić information content (AvgIpc) is 3.13. The standard InChI is InChI=1S/C24H27ClN4O/c1-2-30-16-29-20(13-6-7-14-25)27-22-23(29)19-12-8-11-18(21(19)28-24(22)26)15-17-9-4-3-5-10-17/h3-5,8-12H,2,6-7,13-16H2,1H3,(H2,26,28). The lowest BCUT2D eigenvalue weighted by molar-refractivity contribution is 0.0886. The van der Waals surface area contributed by atoms with Gasteiger partial charge in [0.05, 0.1) is 11.0 Å². The second-order valence-electron chi connectivity index (χ2n) is 7.39. The molecular formula is C24H27ClN4O. The molecule has 0 unspecified atom stereocenters. The largest absolute Gasteiger partial charge is 0.382 e. The second-order valence-corrected chi connectivity index (χ2v) is 7.77. The summed E-state index contributed by atoms with van der Waals surface area (Å²) in [6.07, 6.45) is 3.57. The number of unbranched alkanes of at least 4 members (excludes halogenated alkanes) is 1. The van der Waals surface area contributed by atoms with Gasteiger partial charge in [0.15, 0.2) is 5.82 Å². The fourth-order valence-electron chi connectivity index (χ4n) is 3.89. The molecule has 6 heteroatoms. The third-order valence-electron chi connectivity index (χ3n) is 5.34. The van der Waals surface area contributed by atoms with Gasteiger partial charge in [-0.05, 0) is 37.3 Å². The van der Waals surface area contributed by atoms with Crippen LogP contribution in [0.1, 0.15) is 36.7 Å². The van der Waals surface area contributed by atoms with Gasteiger partial charge >= 0.3 is 0 Å². The number of rotatable bonds is 9. The highest BCUT2D eigenvalue weighted by Crippen LogP contribution is 2.31.